The summed E-state index contributed by atoms with van der Waals surface area (Å²) in [5, 5.41) is 2.90. The Morgan fingerprint density at radius 1 is 1.16 bits per heavy atom. The van der Waals surface area contributed by atoms with E-state index >= 15 is 0 Å². The second-order valence-electron chi connectivity index (χ2n) is 6.96. The number of nitrogens with zero attached hydrogens (tertiary/aromatic N) is 2. The van der Waals surface area contributed by atoms with Crippen LogP contribution in [0.4, 0.5) is 5.69 Å². The Balaban J connectivity index is 1.29. The first kappa shape index (κ1) is 16.0. The molecule has 0 radical (unpaired) electrons. The lowest BCUT2D eigenvalue weighted by atomic mass is 9.74. The van der Waals surface area contributed by atoms with Crippen molar-refractivity contribution in [1.29, 1.82) is 0 Å². The van der Waals surface area contributed by atoms with Crippen molar-refractivity contribution >= 4 is 17.7 Å². The minimum Gasteiger partial charge on any atom is -0.325 e. The molecule has 2 heterocycles. The molecule has 1 aliphatic carbocycles. The fraction of sp³-hybridized carbons (Fsp3) is 0.333. The summed E-state index contributed by atoms with van der Waals surface area (Å²) in [6, 6.07) is 12.4. The van der Waals surface area contributed by atoms with Gasteiger partial charge in [-0.1, -0.05) is 36.4 Å². The first-order chi connectivity index (χ1) is 12.3. The highest BCUT2D eigenvalue weighted by Crippen LogP contribution is 2.43. The van der Waals surface area contributed by atoms with Crippen molar-refractivity contribution in [2.45, 2.75) is 24.7 Å². The summed E-state index contributed by atoms with van der Waals surface area (Å²) in [7, 11) is 0. The molecule has 4 rings (SSSR count). The maximum absolute atomic E-state index is 12.1. The topological polar surface area (TPSA) is 45.2 Å². The zero-order valence-corrected chi connectivity index (χ0v) is 14.3. The number of amides is 1. The van der Waals surface area contributed by atoms with Crippen LogP contribution in [0.2, 0.25) is 0 Å². The molecule has 4 heteroatoms. The standard InChI is InChI=1S/C21H23N3O/c25-20(23-18-5-3-12-22-16-18)8-13-24-14-10-21(11-15-24)9-7-17-4-1-2-6-19(17)21/h1-7,9,12,16H,8,10-11,13-15H2,(H,23,25). The summed E-state index contributed by atoms with van der Waals surface area (Å²) in [6.07, 6.45) is 10.8. The summed E-state index contributed by atoms with van der Waals surface area (Å²) in [6.45, 7) is 2.89. The van der Waals surface area contributed by atoms with Gasteiger partial charge < -0.3 is 10.2 Å². The van der Waals surface area contributed by atoms with Crippen molar-refractivity contribution in [3.63, 3.8) is 0 Å². The summed E-state index contributed by atoms with van der Waals surface area (Å²) < 4.78 is 0. The van der Waals surface area contributed by atoms with Gasteiger partial charge in [0.15, 0.2) is 0 Å². The second-order valence-corrected chi connectivity index (χ2v) is 6.96. The average molecular weight is 333 g/mol. The number of nitrogens with one attached hydrogen (secondary N) is 1. The molecule has 4 nitrogen and oxygen atoms in total. The summed E-state index contributed by atoms with van der Waals surface area (Å²) in [5.74, 6) is 0.0550. The SMILES string of the molecule is O=C(CCN1CCC2(C=Cc3ccccc32)CC1)Nc1cccnc1. The molecule has 2 aromatic rings. The fourth-order valence-corrected chi connectivity index (χ4v) is 3.97. The molecule has 1 aliphatic heterocycles. The van der Waals surface area contributed by atoms with Gasteiger partial charge in [-0.3, -0.25) is 9.78 Å². The Kier molecular flexibility index (Phi) is 4.36. The number of likely N-dealkylation sites (tertiary alicyclic amines) is 1. The van der Waals surface area contributed by atoms with Gasteiger partial charge in [-0.2, -0.15) is 0 Å². The average Bonchev–Trinajstić information content (AvgIpc) is 3.01. The van der Waals surface area contributed by atoms with Crippen LogP contribution in [-0.2, 0) is 10.2 Å². The maximum atomic E-state index is 12.1. The Hall–Kier alpha value is -2.46. The number of hydrogen-bond acceptors (Lipinski definition) is 3. The van der Waals surface area contributed by atoms with E-state index in [0.717, 1.165) is 38.2 Å². The molecular formula is C21H23N3O. The number of aromatic nitrogens is 1. The quantitative estimate of drug-likeness (QED) is 0.932. The Bertz CT molecular complexity index is 777. The molecule has 1 spiro atoms. The number of benzene rings is 1. The zero-order valence-electron chi connectivity index (χ0n) is 14.3. The van der Waals surface area contributed by atoms with Crippen LogP contribution < -0.4 is 5.32 Å². The minimum absolute atomic E-state index is 0.0550. The highest BCUT2D eigenvalue weighted by Gasteiger charge is 2.37. The third-order valence-corrected chi connectivity index (χ3v) is 5.43. The number of anilines is 1. The number of piperidine rings is 1. The minimum atomic E-state index is 0.0550. The van der Waals surface area contributed by atoms with Crippen molar-refractivity contribution < 1.29 is 4.79 Å². The molecule has 0 unspecified atom stereocenters. The molecule has 1 saturated heterocycles. The molecule has 0 atom stereocenters. The molecule has 1 aromatic carbocycles. The van der Waals surface area contributed by atoms with E-state index in [1.807, 2.05) is 12.1 Å². The highest BCUT2D eigenvalue weighted by molar-refractivity contribution is 5.90. The highest BCUT2D eigenvalue weighted by atomic mass is 16.1. The van der Waals surface area contributed by atoms with Crippen molar-refractivity contribution in [3.8, 4) is 0 Å². The summed E-state index contributed by atoms with van der Waals surface area (Å²) >= 11 is 0. The normalized spacial score (nSPS) is 18.2. The lowest BCUT2D eigenvalue weighted by molar-refractivity contribution is -0.116. The molecule has 0 saturated carbocycles. The van der Waals surface area contributed by atoms with Crippen molar-refractivity contribution in [2.75, 3.05) is 25.0 Å². The summed E-state index contributed by atoms with van der Waals surface area (Å²) in [5.41, 5.74) is 3.82. The van der Waals surface area contributed by atoms with Crippen LogP contribution in [0.15, 0.2) is 54.9 Å². The number of pyridine rings is 1. The van der Waals surface area contributed by atoms with Crippen molar-refractivity contribution in [3.05, 3.63) is 66.0 Å². The van der Waals surface area contributed by atoms with E-state index in [1.54, 1.807) is 12.4 Å². The Morgan fingerprint density at radius 2 is 2.00 bits per heavy atom. The molecule has 1 aromatic heterocycles. The van der Waals surface area contributed by atoms with Gasteiger partial charge in [0.2, 0.25) is 5.91 Å². The van der Waals surface area contributed by atoms with Crippen LogP contribution in [0.3, 0.4) is 0 Å². The first-order valence-electron chi connectivity index (χ1n) is 8.96. The van der Waals surface area contributed by atoms with E-state index in [1.165, 1.54) is 11.1 Å². The zero-order chi connectivity index (χ0) is 17.1. The third-order valence-electron chi connectivity index (χ3n) is 5.43. The number of fused-ring (bicyclic) bond motifs is 2. The summed E-state index contributed by atoms with van der Waals surface area (Å²) in [4.78, 5) is 18.5. The van der Waals surface area contributed by atoms with E-state index in [9.17, 15) is 4.79 Å². The van der Waals surface area contributed by atoms with Crippen molar-refractivity contribution in [1.82, 2.24) is 9.88 Å². The van der Waals surface area contributed by atoms with Crippen LogP contribution in [0, 0.1) is 0 Å². The fourth-order valence-electron chi connectivity index (χ4n) is 3.97. The Labute approximate surface area is 148 Å². The predicted octanol–water partition coefficient (Wildman–Crippen LogP) is 3.47. The van der Waals surface area contributed by atoms with Crippen LogP contribution in [0.1, 0.15) is 30.4 Å². The van der Waals surface area contributed by atoms with Gasteiger partial charge in [-0.25, -0.2) is 0 Å². The van der Waals surface area contributed by atoms with Crippen LogP contribution in [-0.4, -0.2) is 35.4 Å². The van der Waals surface area contributed by atoms with E-state index in [-0.39, 0.29) is 11.3 Å². The van der Waals surface area contributed by atoms with Gasteiger partial charge >= 0.3 is 0 Å². The van der Waals surface area contributed by atoms with E-state index in [2.05, 4.69) is 51.6 Å². The maximum Gasteiger partial charge on any atom is 0.225 e. The third kappa shape index (κ3) is 3.35. The van der Waals surface area contributed by atoms with Gasteiger partial charge in [-0.05, 0) is 49.2 Å². The van der Waals surface area contributed by atoms with Gasteiger partial charge in [0, 0.05) is 24.6 Å². The predicted molar refractivity (Wildman–Crippen MR) is 100 cm³/mol. The van der Waals surface area contributed by atoms with Gasteiger partial charge in [0.25, 0.3) is 0 Å². The molecule has 25 heavy (non-hydrogen) atoms. The lowest BCUT2D eigenvalue weighted by Crippen LogP contribution is -2.42. The smallest absolute Gasteiger partial charge is 0.225 e. The molecule has 1 fully saturated rings. The van der Waals surface area contributed by atoms with Gasteiger partial charge in [0.1, 0.15) is 0 Å². The molecule has 0 bridgehead atoms. The molecule has 1 amide bonds. The van der Waals surface area contributed by atoms with Crippen LogP contribution in [0.5, 0.6) is 0 Å². The molecule has 1 N–H and O–H groups in total. The van der Waals surface area contributed by atoms with Crippen LogP contribution in [0.25, 0.3) is 6.08 Å². The number of carbonyl (C=O) groups excluding carboxylic acids is 1. The number of hydrogen-bond donors (Lipinski definition) is 1. The van der Waals surface area contributed by atoms with Crippen molar-refractivity contribution in [2.24, 2.45) is 0 Å². The van der Waals surface area contributed by atoms with Gasteiger partial charge in [0.05, 0.1) is 11.9 Å². The number of rotatable bonds is 4. The molecular weight excluding hydrogens is 310 g/mol. The van der Waals surface area contributed by atoms with E-state index in [0.29, 0.717) is 6.42 Å². The van der Waals surface area contributed by atoms with Crippen LogP contribution >= 0.6 is 0 Å². The Morgan fingerprint density at radius 3 is 2.80 bits per heavy atom. The lowest BCUT2D eigenvalue weighted by Gasteiger charge is -2.39. The second kappa shape index (κ2) is 6.81. The molecule has 2 aliphatic rings. The van der Waals surface area contributed by atoms with E-state index < -0.39 is 0 Å². The monoisotopic (exact) mass is 333 g/mol. The number of carbonyl (C=O) groups is 1. The largest absolute Gasteiger partial charge is 0.325 e. The number of allylic oxidation sites excluding steroid dienone is 1. The first-order valence-corrected chi connectivity index (χ1v) is 8.96. The molecule has 128 valence electrons. The van der Waals surface area contributed by atoms with E-state index in [4.69, 9.17) is 0 Å². The van der Waals surface area contributed by atoms with Gasteiger partial charge in [-0.15, -0.1) is 0 Å².